The fraction of sp³-hybridized carbons (Fsp3) is 0.615. The zero-order valence-electron chi connectivity index (χ0n) is 26.1. The van der Waals surface area contributed by atoms with Crippen molar-refractivity contribution in [1.82, 2.24) is 4.98 Å². The van der Waals surface area contributed by atoms with E-state index in [0.717, 1.165) is 28.6 Å². The molecule has 4 aliphatic rings. The summed E-state index contributed by atoms with van der Waals surface area (Å²) in [7, 11) is 0. The van der Waals surface area contributed by atoms with E-state index in [0.29, 0.717) is 17.8 Å². The molecule has 3 aromatic rings. The third-order valence-electron chi connectivity index (χ3n) is 11.5. The minimum atomic E-state index is -0.239. The molecule has 4 heteroatoms. The molecule has 0 bridgehead atoms. The molecule has 6 atom stereocenters. The van der Waals surface area contributed by atoms with Gasteiger partial charge in [0.15, 0.2) is 0 Å². The van der Waals surface area contributed by atoms with E-state index in [1.54, 1.807) is 0 Å². The zero-order chi connectivity index (χ0) is 28.9. The topological polar surface area (TPSA) is 53.4 Å². The predicted molar refractivity (Wildman–Crippen MR) is 173 cm³/mol. The SMILES string of the molecule is Cc1ccc2nc(-c3[c-]cccc3)ccc2c1.OC1C2C(CCC[C@@H]1C1CCCCC1)CC[C@@H](C1CCCCC1)C2O.[Ir]. The summed E-state index contributed by atoms with van der Waals surface area (Å²) >= 11 is 0. The van der Waals surface area contributed by atoms with Crippen LogP contribution < -0.4 is 0 Å². The average Bonchev–Trinajstić information content (AvgIpc) is 3.21. The average molecular weight is 759 g/mol. The fourth-order valence-electron chi connectivity index (χ4n) is 9.33. The maximum atomic E-state index is 11.4. The second-order valence-electron chi connectivity index (χ2n) is 14.1. The first kappa shape index (κ1) is 32.8. The molecule has 0 spiro atoms. The minimum absolute atomic E-state index is 0. The van der Waals surface area contributed by atoms with Crippen LogP contribution in [-0.2, 0) is 20.1 Å². The third-order valence-corrected chi connectivity index (χ3v) is 11.5. The number of aliphatic hydroxyl groups excluding tert-OH is 2. The molecule has 2 N–H and O–H groups in total. The summed E-state index contributed by atoms with van der Waals surface area (Å²) in [6.07, 6.45) is 19.2. The van der Waals surface area contributed by atoms with Gasteiger partial charge in [-0.25, -0.2) is 0 Å². The van der Waals surface area contributed by atoms with E-state index in [9.17, 15) is 10.2 Å². The largest absolute Gasteiger partial charge is 0.392 e. The van der Waals surface area contributed by atoms with E-state index in [-0.39, 0.29) is 38.2 Å². The third kappa shape index (κ3) is 7.81. The van der Waals surface area contributed by atoms with Crippen molar-refractivity contribution < 1.29 is 30.3 Å². The summed E-state index contributed by atoms with van der Waals surface area (Å²) in [5, 5.41) is 24.0. The second-order valence-corrected chi connectivity index (χ2v) is 14.1. The van der Waals surface area contributed by atoms with Crippen LogP contribution in [0.2, 0.25) is 0 Å². The number of nitrogens with zero attached hydrogens (tertiary/aromatic N) is 1. The number of rotatable bonds is 3. The van der Waals surface area contributed by atoms with Gasteiger partial charge in [-0.05, 0) is 85.4 Å². The molecule has 4 aliphatic carbocycles. The van der Waals surface area contributed by atoms with Crippen molar-refractivity contribution in [2.24, 2.45) is 35.5 Å². The maximum absolute atomic E-state index is 11.4. The Kier molecular flexibility index (Phi) is 11.9. The van der Waals surface area contributed by atoms with Gasteiger partial charge in [0.2, 0.25) is 0 Å². The number of benzene rings is 2. The van der Waals surface area contributed by atoms with Gasteiger partial charge in [-0.3, -0.25) is 4.98 Å². The fourth-order valence-corrected chi connectivity index (χ4v) is 9.33. The summed E-state index contributed by atoms with van der Waals surface area (Å²) in [4.78, 5) is 4.66. The van der Waals surface area contributed by atoms with Crippen molar-refractivity contribution in [3.8, 4) is 11.3 Å². The Labute approximate surface area is 273 Å². The first-order chi connectivity index (χ1) is 20.6. The second kappa shape index (κ2) is 15.6. The number of fused-ring (bicyclic) bond motifs is 2. The molecular weight excluding hydrogens is 707 g/mol. The van der Waals surface area contributed by atoms with E-state index in [4.69, 9.17) is 0 Å². The van der Waals surface area contributed by atoms with Gasteiger partial charge in [-0.2, -0.15) is 0 Å². The van der Waals surface area contributed by atoms with Crippen molar-refractivity contribution in [2.75, 3.05) is 0 Å². The van der Waals surface area contributed by atoms with E-state index >= 15 is 0 Å². The standard InChI is InChI=1S/C23H40O2.C16H12N.Ir/c24-22-19(16-8-3-1-4-9-16)13-7-12-18-14-15-20(23(25)21(18)22)17-10-5-2-6-11-17;1-12-7-9-16-14(11-12)8-10-15(17-16)13-5-3-2-4-6-13;/h16-25H,1-15H2;2-5,7-11H,1H3;/q;-1;/t18?,19-,20+,21?,22?,23?;;/m1../s1. The molecule has 1 radical (unpaired) electrons. The maximum Gasteiger partial charge on any atom is 0.0626 e. The van der Waals surface area contributed by atoms with Crippen LogP contribution in [0.4, 0.5) is 0 Å². The Bertz CT molecular complexity index is 1270. The Morgan fingerprint density at radius 2 is 1.30 bits per heavy atom. The summed E-state index contributed by atoms with van der Waals surface area (Å²) in [5.74, 6) is 3.16. The van der Waals surface area contributed by atoms with Crippen LogP contribution in [0, 0.1) is 48.5 Å². The van der Waals surface area contributed by atoms with Crippen molar-refractivity contribution >= 4 is 10.9 Å². The number of hydrogen-bond acceptors (Lipinski definition) is 3. The van der Waals surface area contributed by atoms with E-state index in [2.05, 4.69) is 42.2 Å². The number of pyridine rings is 1. The Morgan fingerprint density at radius 3 is 1.95 bits per heavy atom. The van der Waals surface area contributed by atoms with Crippen LogP contribution in [0.3, 0.4) is 0 Å². The zero-order valence-corrected chi connectivity index (χ0v) is 28.5. The number of aryl methyl sites for hydroxylation is 1. The molecule has 0 amide bonds. The molecule has 7 rings (SSSR count). The van der Waals surface area contributed by atoms with Crippen molar-refractivity contribution in [1.29, 1.82) is 0 Å². The molecule has 4 unspecified atom stereocenters. The van der Waals surface area contributed by atoms with Gasteiger partial charge < -0.3 is 10.2 Å². The van der Waals surface area contributed by atoms with Crippen molar-refractivity contribution in [3.63, 3.8) is 0 Å². The van der Waals surface area contributed by atoms with Crippen LogP contribution in [0.15, 0.2) is 54.6 Å². The smallest absolute Gasteiger partial charge is 0.0626 e. The van der Waals surface area contributed by atoms with Crippen LogP contribution in [0.5, 0.6) is 0 Å². The number of hydrogen-bond donors (Lipinski definition) is 2. The van der Waals surface area contributed by atoms with Crippen molar-refractivity contribution in [3.05, 3.63) is 66.2 Å². The van der Waals surface area contributed by atoms with E-state index in [1.165, 1.54) is 107 Å². The molecule has 0 aliphatic heterocycles. The molecule has 1 aromatic heterocycles. The summed E-state index contributed by atoms with van der Waals surface area (Å²) in [6, 6.07) is 21.6. The molecule has 1 heterocycles. The van der Waals surface area contributed by atoms with Gasteiger partial charge in [0, 0.05) is 26.0 Å². The number of aromatic nitrogens is 1. The van der Waals surface area contributed by atoms with Gasteiger partial charge >= 0.3 is 0 Å². The Morgan fingerprint density at radius 1 is 0.651 bits per heavy atom. The van der Waals surface area contributed by atoms with Crippen LogP contribution in [-0.4, -0.2) is 27.4 Å². The Balaban J connectivity index is 0.000000179. The molecule has 43 heavy (non-hydrogen) atoms. The van der Waals surface area contributed by atoms with Crippen LogP contribution in [0.1, 0.15) is 102 Å². The first-order valence-corrected chi connectivity index (χ1v) is 17.3. The summed E-state index contributed by atoms with van der Waals surface area (Å²) < 4.78 is 0. The predicted octanol–water partition coefficient (Wildman–Crippen LogP) is 9.32. The molecular formula is C39H52IrNO2-. The van der Waals surface area contributed by atoms with Crippen LogP contribution >= 0.6 is 0 Å². The van der Waals surface area contributed by atoms with Gasteiger partial charge in [0.25, 0.3) is 0 Å². The van der Waals surface area contributed by atoms with Gasteiger partial charge in [0.05, 0.1) is 17.7 Å². The molecule has 2 aromatic carbocycles. The molecule has 0 saturated heterocycles. The quantitative estimate of drug-likeness (QED) is 0.262. The van der Waals surface area contributed by atoms with Gasteiger partial charge in [-0.15, -0.1) is 35.9 Å². The molecule has 235 valence electrons. The van der Waals surface area contributed by atoms with E-state index in [1.807, 2.05) is 30.3 Å². The van der Waals surface area contributed by atoms with E-state index < -0.39 is 0 Å². The Hall–Kier alpha value is -1.58. The normalized spacial score (nSPS) is 30.3. The summed E-state index contributed by atoms with van der Waals surface area (Å²) in [5.41, 5.74) is 4.31. The molecule has 3 nitrogen and oxygen atoms in total. The monoisotopic (exact) mass is 759 g/mol. The first-order valence-electron chi connectivity index (χ1n) is 17.3. The molecule has 4 saturated carbocycles. The minimum Gasteiger partial charge on any atom is -0.392 e. The van der Waals surface area contributed by atoms with Crippen molar-refractivity contribution in [2.45, 2.75) is 115 Å². The van der Waals surface area contributed by atoms with Crippen LogP contribution in [0.25, 0.3) is 22.2 Å². The summed E-state index contributed by atoms with van der Waals surface area (Å²) in [6.45, 7) is 2.10. The van der Waals surface area contributed by atoms with Gasteiger partial charge in [-0.1, -0.05) is 94.4 Å². The number of aliphatic hydroxyl groups is 2. The molecule has 4 fully saturated rings. The van der Waals surface area contributed by atoms with Gasteiger partial charge in [0.1, 0.15) is 0 Å².